The van der Waals surface area contributed by atoms with Crippen LogP contribution in [0.3, 0.4) is 0 Å². The van der Waals surface area contributed by atoms with Gasteiger partial charge >= 0.3 is 0 Å². The van der Waals surface area contributed by atoms with E-state index in [4.69, 9.17) is 4.99 Å². The van der Waals surface area contributed by atoms with E-state index >= 15 is 0 Å². The van der Waals surface area contributed by atoms with Crippen molar-refractivity contribution in [1.29, 1.82) is 0 Å². The lowest BCUT2D eigenvalue weighted by atomic mass is 9.93. The Bertz CT molecular complexity index is 820. The van der Waals surface area contributed by atoms with Crippen LogP contribution < -0.4 is 0 Å². The molecule has 0 bridgehead atoms. The zero-order valence-corrected chi connectivity index (χ0v) is 14.4. The lowest BCUT2D eigenvalue weighted by molar-refractivity contribution is 1.22. The fourth-order valence-corrected chi connectivity index (χ4v) is 3.19. The van der Waals surface area contributed by atoms with Gasteiger partial charge in [-0.15, -0.1) is 0 Å². The van der Waals surface area contributed by atoms with Gasteiger partial charge in [0.2, 0.25) is 0 Å². The highest BCUT2D eigenvalue weighted by Crippen LogP contribution is 2.39. The van der Waals surface area contributed by atoms with Gasteiger partial charge in [-0.2, -0.15) is 0 Å². The van der Waals surface area contributed by atoms with E-state index in [2.05, 4.69) is 52.0 Å². The number of benzene rings is 2. The highest BCUT2D eigenvalue weighted by molar-refractivity contribution is 6.04. The number of para-hydroxylation sites is 1. The van der Waals surface area contributed by atoms with Crippen LogP contribution in [0.4, 0.5) is 5.69 Å². The first-order chi connectivity index (χ1) is 11.1. The molecule has 0 aromatic heterocycles. The van der Waals surface area contributed by atoms with Gasteiger partial charge in [-0.25, -0.2) is 0 Å². The van der Waals surface area contributed by atoms with Crippen LogP contribution in [0, 0.1) is 0 Å². The number of aliphatic imine (C=N–C) groups is 1. The molecular weight excluding hydrogens is 278 g/mol. The van der Waals surface area contributed by atoms with Gasteiger partial charge in [0.15, 0.2) is 0 Å². The summed E-state index contributed by atoms with van der Waals surface area (Å²) in [5.41, 5.74) is 10.4. The molecule has 1 aliphatic carbocycles. The Balaban J connectivity index is 2.05. The standard InChI is InChI=1S/C22H23N/c1-15-14-22(17(3)16(15)2)21-13-9-8-12-20(21)18(4)23-19-10-6-5-7-11-19/h5-13H,14H2,1-4H3/b23-18+. The van der Waals surface area contributed by atoms with Gasteiger partial charge in [-0.05, 0) is 68.5 Å². The molecule has 2 aromatic carbocycles. The first kappa shape index (κ1) is 15.5. The third-order valence-electron chi connectivity index (χ3n) is 4.79. The molecule has 0 spiro atoms. The third-order valence-corrected chi connectivity index (χ3v) is 4.79. The summed E-state index contributed by atoms with van der Waals surface area (Å²) < 4.78 is 0. The number of hydrogen-bond acceptors (Lipinski definition) is 1. The minimum atomic E-state index is 1.00. The summed E-state index contributed by atoms with van der Waals surface area (Å²) in [5.74, 6) is 0. The van der Waals surface area contributed by atoms with Crippen LogP contribution in [0.15, 0.2) is 76.3 Å². The minimum Gasteiger partial charge on any atom is -0.253 e. The summed E-state index contributed by atoms with van der Waals surface area (Å²) in [6.45, 7) is 8.80. The average molecular weight is 301 g/mol. The summed E-state index contributed by atoms with van der Waals surface area (Å²) >= 11 is 0. The van der Waals surface area contributed by atoms with Crippen LogP contribution >= 0.6 is 0 Å². The molecule has 1 aliphatic rings. The van der Waals surface area contributed by atoms with Crippen molar-refractivity contribution in [3.8, 4) is 0 Å². The molecule has 0 radical (unpaired) electrons. The Labute approximate surface area is 139 Å². The lowest BCUT2D eigenvalue weighted by Crippen LogP contribution is -2.00. The number of rotatable bonds is 3. The Morgan fingerprint density at radius 2 is 1.48 bits per heavy atom. The van der Waals surface area contributed by atoms with Crippen molar-refractivity contribution < 1.29 is 0 Å². The van der Waals surface area contributed by atoms with Crippen molar-refractivity contribution in [2.24, 2.45) is 4.99 Å². The van der Waals surface area contributed by atoms with E-state index in [1.54, 1.807) is 0 Å². The first-order valence-corrected chi connectivity index (χ1v) is 8.14. The molecule has 0 N–H and O–H groups in total. The molecule has 0 atom stereocenters. The predicted molar refractivity (Wildman–Crippen MR) is 100 cm³/mol. The van der Waals surface area contributed by atoms with E-state index in [0.717, 1.165) is 17.8 Å². The van der Waals surface area contributed by atoms with Gasteiger partial charge in [0, 0.05) is 11.3 Å². The Hall–Kier alpha value is -2.41. The zero-order valence-electron chi connectivity index (χ0n) is 14.4. The number of hydrogen-bond donors (Lipinski definition) is 0. The van der Waals surface area contributed by atoms with Crippen molar-refractivity contribution in [2.45, 2.75) is 34.1 Å². The average Bonchev–Trinajstić information content (AvgIpc) is 2.83. The molecule has 23 heavy (non-hydrogen) atoms. The van der Waals surface area contributed by atoms with Crippen LogP contribution in [0.2, 0.25) is 0 Å². The topological polar surface area (TPSA) is 12.4 Å². The second-order valence-electron chi connectivity index (χ2n) is 6.26. The van der Waals surface area contributed by atoms with E-state index in [1.807, 2.05) is 30.3 Å². The Kier molecular flexibility index (Phi) is 4.29. The van der Waals surface area contributed by atoms with Crippen LogP contribution in [0.5, 0.6) is 0 Å². The molecule has 0 aliphatic heterocycles. The fraction of sp³-hybridized carbons (Fsp3) is 0.227. The van der Waals surface area contributed by atoms with Crippen LogP contribution in [-0.4, -0.2) is 5.71 Å². The van der Waals surface area contributed by atoms with Crippen LogP contribution in [-0.2, 0) is 0 Å². The molecule has 1 nitrogen and oxygen atoms in total. The van der Waals surface area contributed by atoms with Gasteiger partial charge in [0.05, 0.1) is 5.69 Å². The third kappa shape index (κ3) is 3.05. The van der Waals surface area contributed by atoms with Gasteiger partial charge in [0.1, 0.15) is 0 Å². The van der Waals surface area contributed by atoms with E-state index in [9.17, 15) is 0 Å². The molecule has 0 saturated carbocycles. The summed E-state index contributed by atoms with van der Waals surface area (Å²) in [6.07, 6.45) is 1.05. The van der Waals surface area contributed by atoms with Gasteiger partial charge in [-0.1, -0.05) is 48.0 Å². The summed E-state index contributed by atoms with van der Waals surface area (Å²) in [6, 6.07) is 18.8. The molecule has 116 valence electrons. The van der Waals surface area contributed by atoms with Crippen LogP contribution in [0.1, 0.15) is 45.2 Å². The van der Waals surface area contributed by atoms with Crippen molar-refractivity contribution >= 4 is 17.0 Å². The van der Waals surface area contributed by atoms with Gasteiger partial charge in [0.25, 0.3) is 0 Å². The van der Waals surface area contributed by atoms with Crippen molar-refractivity contribution in [3.63, 3.8) is 0 Å². The summed E-state index contributed by atoms with van der Waals surface area (Å²) in [4.78, 5) is 4.80. The quantitative estimate of drug-likeness (QED) is 0.586. The number of nitrogens with zero attached hydrogens (tertiary/aromatic N) is 1. The van der Waals surface area contributed by atoms with Crippen LogP contribution in [0.25, 0.3) is 5.57 Å². The Morgan fingerprint density at radius 3 is 2.13 bits per heavy atom. The zero-order chi connectivity index (χ0) is 16.4. The minimum absolute atomic E-state index is 1.00. The highest BCUT2D eigenvalue weighted by atomic mass is 14.7. The van der Waals surface area contributed by atoms with Crippen molar-refractivity contribution in [1.82, 2.24) is 0 Å². The van der Waals surface area contributed by atoms with Gasteiger partial charge in [-0.3, -0.25) is 4.99 Å². The molecule has 0 saturated heterocycles. The molecule has 0 fully saturated rings. The SMILES string of the molecule is CC1=C(C)C(C)=C(c2ccccc2/C(C)=N/c2ccccc2)C1. The maximum atomic E-state index is 4.80. The molecule has 0 amide bonds. The molecule has 0 unspecified atom stereocenters. The molecule has 2 aromatic rings. The monoisotopic (exact) mass is 301 g/mol. The largest absolute Gasteiger partial charge is 0.253 e. The maximum Gasteiger partial charge on any atom is 0.0633 e. The molecule has 1 heteroatoms. The fourth-order valence-electron chi connectivity index (χ4n) is 3.19. The van der Waals surface area contributed by atoms with E-state index < -0.39 is 0 Å². The molecule has 0 heterocycles. The normalized spacial score (nSPS) is 15.6. The molecule has 3 rings (SSSR count). The lowest BCUT2D eigenvalue weighted by Gasteiger charge is -2.12. The van der Waals surface area contributed by atoms with E-state index in [1.165, 1.54) is 33.4 Å². The van der Waals surface area contributed by atoms with E-state index in [0.29, 0.717) is 0 Å². The number of allylic oxidation sites excluding steroid dienone is 4. The van der Waals surface area contributed by atoms with Crippen molar-refractivity contribution in [3.05, 3.63) is 82.4 Å². The second kappa shape index (κ2) is 6.37. The molecular formula is C22H23N. The highest BCUT2D eigenvalue weighted by Gasteiger charge is 2.19. The summed E-state index contributed by atoms with van der Waals surface area (Å²) in [5, 5.41) is 0. The maximum absolute atomic E-state index is 4.80. The Morgan fingerprint density at radius 1 is 0.826 bits per heavy atom. The van der Waals surface area contributed by atoms with Gasteiger partial charge < -0.3 is 0 Å². The second-order valence-corrected chi connectivity index (χ2v) is 6.26. The predicted octanol–water partition coefficient (Wildman–Crippen LogP) is 6.34. The van der Waals surface area contributed by atoms with Crippen molar-refractivity contribution in [2.75, 3.05) is 0 Å². The van der Waals surface area contributed by atoms with E-state index in [-0.39, 0.29) is 0 Å². The smallest absolute Gasteiger partial charge is 0.0633 e. The first-order valence-electron chi connectivity index (χ1n) is 8.14. The summed E-state index contributed by atoms with van der Waals surface area (Å²) in [7, 11) is 0.